The van der Waals surface area contributed by atoms with E-state index in [1.165, 1.54) is 17.4 Å². The molecule has 2 aliphatic heterocycles. The molecule has 0 aliphatic carbocycles. The van der Waals surface area contributed by atoms with Gasteiger partial charge in [-0.25, -0.2) is 9.37 Å². The van der Waals surface area contributed by atoms with Gasteiger partial charge in [-0.05, 0) is 48.7 Å². The van der Waals surface area contributed by atoms with Gasteiger partial charge in [0.05, 0.1) is 16.1 Å². The van der Waals surface area contributed by atoms with Gasteiger partial charge in [0.15, 0.2) is 0 Å². The van der Waals surface area contributed by atoms with Crippen molar-refractivity contribution in [3.63, 3.8) is 0 Å². The Morgan fingerprint density at radius 1 is 1.13 bits per heavy atom. The molecule has 3 heterocycles. The number of likely N-dealkylation sites (tertiary alicyclic amines) is 2. The van der Waals surface area contributed by atoms with E-state index >= 15 is 0 Å². The first-order valence-electron chi connectivity index (χ1n) is 10.4. The zero-order chi connectivity index (χ0) is 21.5. The lowest BCUT2D eigenvalue weighted by molar-refractivity contribution is -0.147. The van der Waals surface area contributed by atoms with Crippen molar-refractivity contribution in [3.8, 4) is 10.6 Å². The number of hydrogen-bond donors (Lipinski definition) is 1. The van der Waals surface area contributed by atoms with Crippen molar-refractivity contribution < 1.29 is 19.1 Å². The Bertz CT molecular complexity index is 1170. The van der Waals surface area contributed by atoms with Crippen LogP contribution < -0.4 is 0 Å². The molecular weight excluding hydrogens is 417 g/mol. The highest BCUT2D eigenvalue weighted by Crippen LogP contribution is 2.33. The van der Waals surface area contributed by atoms with Crippen LogP contribution in [0, 0.1) is 11.7 Å². The van der Waals surface area contributed by atoms with Gasteiger partial charge in [0.25, 0.3) is 5.91 Å². The molecule has 1 amide bonds. The van der Waals surface area contributed by atoms with Gasteiger partial charge in [-0.1, -0.05) is 6.07 Å². The number of aromatic nitrogens is 1. The van der Waals surface area contributed by atoms with Gasteiger partial charge in [-0.15, -0.1) is 11.3 Å². The number of rotatable bonds is 5. The number of carboxylic acid groups (broad SMARTS) is 1. The first kappa shape index (κ1) is 20.1. The van der Waals surface area contributed by atoms with Crippen LogP contribution in [0.1, 0.15) is 28.8 Å². The lowest BCUT2D eigenvalue weighted by Crippen LogP contribution is -2.49. The molecule has 0 spiro atoms. The summed E-state index contributed by atoms with van der Waals surface area (Å²) in [5.74, 6) is -1.41. The number of fused-ring (bicyclic) bond motifs is 1. The molecule has 1 N–H and O–H groups in total. The second kappa shape index (κ2) is 8.01. The van der Waals surface area contributed by atoms with Gasteiger partial charge in [0.1, 0.15) is 10.8 Å². The molecule has 0 saturated carbocycles. The standard InChI is InChI=1S/C23H22FN3O3S/c24-18-9-14(11-26-12-16(13-26)23(29)30)3-5-17(18)21-25-19-6-4-15(10-20(19)31-21)22(28)27-7-1-2-8-27/h3-6,9-10,16H,1-2,7-8,11-13H2,(H,29,30). The number of carboxylic acids is 1. The minimum atomic E-state index is -0.779. The molecule has 0 radical (unpaired) electrons. The Morgan fingerprint density at radius 2 is 1.90 bits per heavy atom. The molecule has 8 heteroatoms. The summed E-state index contributed by atoms with van der Waals surface area (Å²) in [4.78, 5) is 32.0. The summed E-state index contributed by atoms with van der Waals surface area (Å²) in [6.45, 7) is 3.13. The van der Waals surface area contributed by atoms with Crippen LogP contribution in [0.25, 0.3) is 20.8 Å². The summed E-state index contributed by atoms with van der Waals surface area (Å²) >= 11 is 1.38. The van der Waals surface area contributed by atoms with Gasteiger partial charge in [-0.2, -0.15) is 0 Å². The summed E-state index contributed by atoms with van der Waals surface area (Å²) < 4.78 is 15.7. The van der Waals surface area contributed by atoms with E-state index in [1.54, 1.807) is 12.1 Å². The Balaban J connectivity index is 1.34. The number of amides is 1. The molecule has 2 aliphatic rings. The Hall–Kier alpha value is -2.84. The minimum absolute atomic E-state index is 0.0426. The molecule has 160 valence electrons. The number of nitrogens with zero attached hydrogens (tertiary/aromatic N) is 3. The second-order valence-corrected chi connectivity index (χ2v) is 9.27. The van der Waals surface area contributed by atoms with E-state index in [-0.39, 0.29) is 17.6 Å². The van der Waals surface area contributed by atoms with Gasteiger partial charge >= 0.3 is 5.97 Å². The van der Waals surface area contributed by atoms with Gasteiger partial charge in [0, 0.05) is 43.9 Å². The van der Waals surface area contributed by atoms with Gasteiger partial charge < -0.3 is 10.0 Å². The number of carbonyl (C=O) groups is 2. The van der Waals surface area contributed by atoms with E-state index < -0.39 is 5.97 Å². The van der Waals surface area contributed by atoms with Crippen LogP contribution in [0.15, 0.2) is 36.4 Å². The van der Waals surface area contributed by atoms with Crippen LogP contribution in [-0.2, 0) is 11.3 Å². The van der Waals surface area contributed by atoms with Crippen LogP contribution in [-0.4, -0.2) is 57.9 Å². The van der Waals surface area contributed by atoms with Crippen LogP contribution in [0.5, 0.6) is 0 Å². The van der Waals surface area contributed by atoms with Crippen molar-refractivity contribution in [3.05, 3.63) is 53.3 Å². The van der Waals surface area contributed by atoms with Crippen LogP contribution in [0.3, 0.4) is 0 Å². The molecule has 0 bridgehead atoms. The maximum absolute atomic E-state index is 14.8. The smallest absolute Gasteiger partial charge is 0.309 e. The zero-order valence-corrected chi connectivity index (χ0v) is 17.7. The van der Waals surface area contributed by atoms with Crippen molar-refractivity contribution in [1.29, 1.82) is 0 Å². The van der Waals surface area contributed by atoms with Crippen molar-refractivity contribution in [2.45, 2.75) is 19.4 Å². The summed E-state index contributed by atoms with van der Waals surface area (Å²) in [5, 5.41) is 9.56. The van der Waals surface area contributed by atoms with Crippen LogP contribution in [0.2, 0.25) is 0 Å². The fourth-order valence-corrected chi connectivity index (χ4v) is 5.25. The predicted octanol–water partition coefficient (Wildman–Crippen LogP) is 3.85. The number of benzene rings is 2. The third-order valence-electron chi connectivity index (χ3n) is 6.01. The fraction of sp³-hybridized carbons (Fsp3) is 0.348. The molecule has 2 saturated heterocycles. The molecule has 6 nitrogen and oxygen atoms in total. The average molecular weight is 440 g/mol. The van der Waals surface area contributed by atoms with E-state index in [0.29, 0.717) is 35.8 Å². The Morgan fingerprint density at radius 3 is 2.61 bits per heavy atom. The minimum Gasteiger partial charge on any atom is -0.481 e. The number of carbonyl (C=O) groups excluding carboxylic acids is 1. The molecule has 5 rings (SSSR count). The van der Waals surface area contributed by atoms with E-state index in [9.17, 15) is 14.0 Å². The first-order valence-corrected chi connectivity index (χ1v) is 11.2. The molecule has 31 heavy (non-hydrogen) atoms. The van der Waals surface area contributed by atoms with Crippen molar-refractivity contribution in [2.24, 2.45) is 5.92 Å². The fourth-order valence-electron chi connectivity index (χ4n) is 4.22. The van der Waals surface area contributed by atoms with Crippen molar-refractivity contribution >= 4 is 33.4 Å². The van der Waals surface area contributed by atoms with Crippen molar-refractivity contribution in [1.82, 2.24) is 14.8 Å². The third kappa shape index (κ3) is 3.93. The third-order valence-corrected chi connectivity index (χ3v) is 7.06. The number of aliphatic carboxylic acids is 1. The summed E-state index contributed by atoms with van der Waals surface area (Å²) in [7, 11) is 0. The second-order valence-electron chi connectivity index (χ2n) is 8.24. The maximum Gasteiger partial charge on any atom is 0.309 e. The number of hydrogen-bond acceptors (Lipinski definition) is 5. The molecule has 3 aromatic rings. The normalized spacial score (nSPS) is 17.3. The quantitative estimate of drug-likeness (QED) is 0.654. The van der Waals surface area contributed by atoms with Crippen LogP contribution in [0.4, 0.5) is 4.39 Å². The molecule has 1 aromatic heterocycles. The largest absolute Gasteiger partial charge is 0.481 e. The summed E-state index contributed by atoms with van der Waals surface area (Å²) in [5.41, 5.74) is 2.64. The highest BCUT2D eigenvalue weighted by atomic mass is 32.1. The first-order chi connectivity index (χ1) is 15.0. The van der Waals surface area contributed by atoms with Gasteiger partial charge in [-0.3, -0.25) is 14.5 Å². The number of halogens is 1. The van der Waals surface area contributed by atoms with E-state index in [0.717, 1.165) is 41.7 Å². The molecular formula is C23H22FN3O3S. The van der Waals surface area contributed by atoms with E-state index in [4.69, 9.17) is 5.11 Å². The SMILES string of the molecule is O=C(O)C1CN(Cc2ccc(-c3nc4ccc(C(=O)N5CCCC5)cc4s3)c(F)c2)C1. The Kier molecular flexibility index (Phi) is 5.19. The molecule has 2 aromatic carbocycles. The monoisotopic (exact) mass is 439 g/mol. The zero-order valence-electron chi connectivity index (χ0n) is 16.9. The average Bonchev–Trinajstić information content (AvgIpc) is 3.38. The van der Waals surface area contributed by atoms with E-state index in [2.05, 4.69) is 4.98 Å². The van der Waals surface area contributed by atoms with Gasteiger partial charge in [0.2, 0.25) is 0 Å². The topological polar surface area (TPSA) is 73.7 Å². The highest BCUT2D eigenvalue weighted by molar-refractivity contribution is 7.21. The molecule has 0 atom stereocenters. The maximum atomic E-state index is 14.8. The lowest BCUT2D eigenvalue weighted by atomic mass is 9.99. The van der Waals surface area contributed by atoms with E-state index in [1.807, 2.05) is 28.0 Å². The van der Waals surface area contributed by atoms with Crippen LogP contribution >= 0.6 is 11.3 Å². The summed E-state index contributed by atoms with van der Waals surface area (Å²) in [6, 6.07) is 10.6. The Labute approximate surface area is 182 Å². The number of thiazole rings is 1. The lowest BCUT2D eigenvalue weighted by Gasteiger charge is -2.36. The van der Waals surface area contributed by atoms with Crippen molar-refractivity contribution in [2.75, 3.05) is 26.2 Å². The summed E-state index contributed by atoms with van der Waals surface area (Å²) in [6.07, 6.45) is 2.09. The highest BCUT2D eigenvalue weighted by Gasteiger charge is 2.32. The molecule has 2 fully saturated rings. The molecule has 0 unspecified atom stereocenters. The predicted molar refractivity (Wildman–Crippen MR) is 117 cm³/mol.